The molecule has 120 valence electrons. The minimum atomic E-state index is 0.539. The van der Waals surface area contributed by atoms with Gasteiger partial charge in [-0.15, -0.1) is 0 Å². The average molecular weight is 308 g/mol. The molecule has 23 heavy (non-hydrogen) atoms. The summed E-state index contributed by atoms with van der Waals surface area (Å²) in [6.45, 7) is 2.10. The molecule has 1 heterocycles. The number of hydrogen-bond donors (Lipinski definition) is 2. The van der Waals surface area contributed by atoms with E-state index in [9.17, 15) is 0 Å². The Morgan fingerprint density at radius 1 is 0.957 bits per heavy atom. The Kier molecular flexibility index (Phi) is 3.90. The number of benzene rings is 1. The number of nitrogens with zero attached hydrogens (tertiary/aromatic N) is 2. The largest absolute Gasteiger partial charge is 0.351 e. The van der Waals surface area contributed by atoms with E-state index in [4.69, 9.17) is 9.97 Å². The summed E-state index contributed by atoms with van der Waals surface area (Å²) in [5, 5.41) is 6.97. The van der Waals surface area contributed by atoms with Crippen molar-refractivity contribution in [2.24, 2.45) is 0 Å². The average Bonchev–Trinajstić information content (AvgIpc) is 3.28. The molecule has 4 heteroatoms. The fraction of sp³-hybridized carbons (Fsp3) is 0.474. The van der Waals surface area contributed by atoms with Gasteiger partial charge in [0.2, 0.25) is 5.95 Å². The molecule has 2 aliphatic rings. The molecule has 1 aromatic heterocycles. The summed E-state index contributed by atoms with van der Waals surface area (Å²) in [7, 11) is 0. The van der Waals surface area contributed by atoms with Crippen LogP contribution in [0.3, 0.4) is 0 Å². The molecule has 4 nitrogen and oxygen atoms in total. The number of nitrogens with one attached hydrogen (secondary N) is 2. The summed E-state index contributed by atoms with van der Waals surface area (Å²) in [5.74, 6) is 2.31. The molecule has 0 unspecified atom stereocenters. The number of hydrogen-bond acceptors (Lipinski definition) is 4. The summed E-state index contributed by atoms with van der Waals surface area (Å²) >= 11 is 0. The summed E-state index contributed by atoms with van der Waals surface area (Å²) in [6.07, 6.45) is 7.60. The predicted octanol–water partition coefficient (Wildman–Crippen LogP) is 4.76. The second-order valence-corrected chi connectivity index (χ2v) is 6.89. The van der Waals surface area contributed by atoms with Crippen LogP contribution >= 0.6 is 0 Å². The van der Waals surface area contributed by atoms with Crippen LogP contribution in [0.15, 0.2) is 30.3 Å². The maximum absolute atomic E-state index is 4.75. The third-order valence-corrected chi connectivity index (χ3v) is 4.75. The van der Waals surface area contributed by atoms with E-state index in [1.54, 1.807) is 0 Å². The first-order chi connectivity index (χ1) is 11.3. The Bertz CT molecular complexity index is 670. The molecular weight excluding hydrogens is 284 g/mol. The lowest BCUT2D eigenvalue weighted by atomic mass is 10.2. The van der Waals surface area contributed by atoms with E-state index in [0.29, 0.717) is 12.0 Å². The van der Waals surface area contributed by atoms with Gasteiger partial charge >= 0.3 is 0 Å². The van der Waals surface area contributed by atoms with Crippen LogP contribution in [0.2, 0.25) is 0 Å². The van der Waals surface area contributed by atoms with Gasteiger partial charge in [-0.05, 0) is 44.7 Å². The van der Waals surface area contributed by atoms with Crippen LogP contribution in [0, 0.1) is 6.92 Å². The third kappa shape index (κ3) is 3.63. The molecule has 1 aromatic carbocycles. The molecule has 0 aliphatic heterocycles. The van der Waals surface area contributed by atoms with Crippen molar-refractivity contribution < 1.29 is 0 Å². The Hall–Kier alpha value is -2.10. The first kappa shape index (κ1) is 14.5. The molecule has 0 bridgehead atoms. The van der Waals surface area contributed by atoms with E-state index in [-0.39, 0.29) is 0 Å². The predicted molar refractivity (Wildman–Crippen MR) is 94.3 cm³/mol. The summed E-state index contributed by atoms with van der Waals surface area (Å²) in [4.78, 5) is 9.44. The number of rotatable bonds is 5. The first-order valence-corrected chi connectivity index (χ1v) is 8.75. The van der Waals surface area contributed by atoms with Crippen molar-refractivity contribution in [1.29, 1.82) is 0 Å². The number of anilines is 3. The quantitative estimate of drug-likeness (QED) is 0.836. The van der Waals surface area contributed by atoms with E-state index in [0.717, 1.165) is 17.5 Å². The minimum absolute atomic E-state index is 0.539. The standard InChI is InChI=1S/C19H24N4/c1-13-6-10-16(11-7-13)20-18-12-17(14-8-9-14)22-19(23-18)21-15-4-2-3-5-15/h6-7,10-12,14-15H,2-5,8-9H2,1H3,(H2,20,21,22,23). The van der Waals surface area contributed by atoms with Gasteiger partial charge in [0.15, 0.2) is 0 Å². The van der Waals surface area contributed by atoms with Crippen molar-refractivity contribution in [1.82, 2.24) is 9.97 Å². The van der Waals surface area contributed by atoms with Gasteiger partial charge in [-0.3, -0.25) is 0 Å². The SMILES string of the molecule is Cc1ccc(Nc2cc(C3CC3)nc(NC3CCCC3)n2)cc1. The van der Waals surface area contributed by atoms with E-state index >= 15 is 0 Å². The smallest absolute Gasteiger partial charge is 0.225 e. The molecule has 0 amide bonds. The molecule has 0 spiro atoms. The molecule has 4 rings (SSSR count). The number of aromatic nitrogens is 2. The van der Waals surface area contributed by atoms with Crippen molar-refractivity contribution in [3.8, 4) is 0 Å². The van der Waals surface area contributed by atoms with Crippen molar-refractivity contribution in [2.75, 3.05) is 10.6 Å². The third-order valence-electron chi connectivity index (χ3n) is 4.75. The second kappa shape index (κ2) is 6.19. The zero-order chi connectivity index (χ0) is 15.6. The van der Waals surface area contributed by atoms with Crippen LogP contribution in [0.25, 0.3) is 0 Å². The van der Waals surface area contributed by atoms with Crippen molar-refractivity contribution in [3.05, 3.63) is 41.6 Å². The van der Waals surface area contributed by atoms with Gasteiger partial charge in [0.1, 0.15) is 5.82 Å². The molecule has 0 radical (unpaired) electrons. The van der Waals surface area contributed by atoms with E-state index in [2.05, 4.69) is 47.9 Å². The van der Waals surface area contributed by atoms with Gasteiger partial charge in [0.25, 0.3) is 0 Å². The lowest BCUT2D eigenvalue weighted by molar-refractivity contribution is 0.742. The van der Waals surface area contributed by atoms with Gasteiger partial charge in [0.05, 0.1) is 5.69 Å². The molecule has 2 aliphatic carbocycles. The summed E-state index contributed by atoms with van der Waals surface area (Å²) in [6, 6.07) is 11.1. The molecule has 0 atom stereocenters. The lowest BCUT2D eigenvalue weighted by Crippen LogP contribution is -2.17. The molecule has 0 saturated heterocycles. The van der Waals surface area contributed by atoms with Gasteiger partial charge < -0.3 is 10.6 Å². The minimum Gasteiger partial charge on any atom is -0.351 e. The first-order valence-electron chi connectivity index (χ1n) is 8.75. The highest BCUT2D eigenvalue weighted by Gasteiger charge is 2.26. The van der Waals surface area contributed by atoms with E-state index in [1.807, 2.05) is 0 Å². The Balaban J connectivity index is 1.56. The highest BCUT2D eigenvalue weighted by molar-refractivity contribution is 5.58. The summed E-state index contributed by atoms with van der Waals surface area (Å²) in [5.41, 5.74) is 3.51. The molecule has 2 fully saturated rings. The van der Waals surface area contributed by atoms with Gasteiger partial charge in [-0.1, -0.05) is 30.5 Å². The normalized spacial score (nSPS) is 18.1. The Labute approximate surface area is 137 Å². The van der Waals surface area contributed by atoms with Crippen LogP contribution in [-0.2, 0) is 0 Å². The van der Waals surface area contributed by atoms with E-state index < -0.39 is 0 Å². The summed E-state index contributed by atoms with van der Waals surface area (Å²) < 4.78 is 0. The Morgan fingerprint density at radius 3 is 2.39 bits per heavy atom. The Morgan fingerprint density at radius 2 is 1.70 bits per heavy atom. The maximum atomic E-state index is 4.75. The molecular formula is C19H24N4. The van der Waals surface area contributed by atoms with E-state index in [1.165, 1.54) is 49.8 Å². The van der Waals surface area contributed by atoms with Gasteiger partial charge in [-0.2, -0.15) is 4.98 Å². The van der Waals surface area contributed by atoms with Gasteiger partial charge in [-0.25, -0.2) is 4.98 Å². The van der Waals surface area contributed by atoms with Crippen molar-refractivity contribution >= 4 is 17.5 Å². The molecule has 2 N–H and O–H groups in total. The van der Waals surface area contributed by atoms with Crippen LogP contribution in [0.5, 0.6) is 0 Å². The fourth-order valence-electron chi connectivity index (χ4n) is 3.22. The number of aryl methyl sites for hydroxylation is 1. The molecule has 2 saturated carbocycles. The molecule has 2 aromatic rings. The lowest BCUT2D eigenvalue weighted by Gasteiger charge is -2.15. The zero-order valence-corrected chi connectivity index (χ0v) is 13.7. The van der Waals surface area contributed by atoms with Gasteiger partial charge in [0, 0.05) is 23.7 Å². The van der Waals surface area contributed by atoms with Crippen molar-refractivity contribution in [3.63, 3.8) is 0 Å². The van der Waals surface area contributed by atoms with Crippen LogP contribution in [0.1, 0.15) is 55.7 Å². The topological polar surface area (TPSA) is 49.8 Å². The van der Waals surface area contributed by atoms with Crippen LogP contribution in [0.4, 0.5) is 17.5 Å². The monoisotopic (exact) mass is 308 g/mol. The fourth-order valence-corrected chi connectivity index (χ4v) is 3.22. The maximum Gasteiger partial charge on any atom is 0.225 e. The second-order valence-electron chi connectivity index (χ2n) is 6.89. The van der Waals surface area contributed by atoms with Crippen molar-refractivity contribution in [2.45, 2.75) is 57.4 Å². The van der Waals surface area contributed by atoms with Crippen LogP contribution < -0.4 is 10.6 Å². The van der Waals surface area contributed by atoms with Crippen LogP contribution in [-0.4, -0.2) is 16.0 Å². The highest BCUT2D eigenvalue weighted by atomic mass is 15.2. The highest BCUT2D eigenvalue weighted by Crippen LogP contribution is 2.40. The zero-order valence-electron chi connectivity index (χ0n) is 13.7.